The van der Waals surface area contributed by atoms with E-state index in [0.29, 0.717) is 17.0 Å². The second kappa shape index (κ2) is 11.6. The lowest BCUT2D eigenvalue weighted by Gasteiger charge is -2.14. The first-order chi connectivity index (χ1) is 20.9. The predicted molar refractivity (Wildman–Crippen MR) is 158 cm³/mol. The molecule has 0 aliphatic heterocycles. The number of ether oxygens (including phenoxy) is 2. The molecule has 0 fully saturated rings. The molecule has 43 heavy (non-hydrogen) atoms. The van der Waals surface area contributed by atoms with E-state index in [4.69, 9.17) is 9.47 Å². The number of aromatic nitrogens is 3. The number of rotatable bonds is 8. The predicted octanol–water partition coefficient (Wildman–Crippen LogP) is 6.87. The van der Waals surface area contributed by atoms with Gasteiger partial charge in [0.1, 0.15) is 22.6 Å². The smallest absolute Gasteiger partial charge is 0.271 e. The van der Waals surface area contributed by atoms with E-state index >= 15 is 4.39 Å². The quantitative estimate of drug-likeness (QED) is 0.213. The summed E-state index contributed by atoms with van der Waals surface area (Å²) >= 11 is 0. The highest BCUT2D eigenvalue weighted by molar-refractivity contribution is 6.06. The number of benzene rings is 3. The van der Waals surface area contributed by atoms with Gasteiger partial charge in [0, 0.05) is 41.5 Å². The fraction of sp³-hybridized carbons (Fsp3) is 0.0606. The van der Waals surface area contributed by atoms with Crippen molar-refractivity contribution < 1.29 is 23.0 Å². The molecule has 6 rings (SSSR count). The van der Waals surface area contributed by atoms with Crippen molar-refractivity contribution in [3.8, 4) is 34.1 Å². The first-order valence-corrected chi connectivity index (χ1v) is 13.4. The molecule has 0 atom stereocenters. The first-order valence-electron chi connectivity index (χ1n) is 13.4. The van der Waals surface area contributed by atoms with Crippen LogP contribution < -0.4 is 20.3 Å². The normalized spacial score (nSPS) is 11.0. The van der Waals surface area contributed by atoms with E-state index in [1.165, 1.54) is 53.2 Å². The molecule has 0 radical (unpaired) electrons. The van der Waals surface area contributed by atoms with Crippen molar-refractivity contribution in [2.45, 2.75) is 6.92 Å². The lowest BCUT2D eigenvalue weighted by atomic mass is 10.1. The van der Waals surface area contributed by atoms with Crippen LogP contribution >= 0.6 is 0 Å². The Kier molecular flexibility index (Phi) is 7.40. The molecule has 3 heterocycles. The number of anilines is 1. The van der Waals surface area contributed by atoms with E-state index in [2.05, 4.69) is 10.4 Å². The van der Waals surface area contributed by atoms with Crippen LogP contribution in [0.5, 0.6) is 17.2 Å². The number of pyridine rings is 1. The van der Waals surface area contributed by atoms with Crippen molar-refractivity contribution in [3.05, 3.63) is 137 Å². The lowest BCUT2D eigenvalue weighted by Crippen LogP contribution is -2.29. The third kappa shape index (κ3) is 5.45. The SMILES string of the molecule is CCOc1ccn(-c2ccc(F)cc2)c(=O)c1C(=O)Nc1ccc(Oc2ccnn3ccc(-c4ccccc4)c23)c(F)c1. The molecular formula is C33H24F2N4O4. The van der Waals surface area contributed by atoms with Crippen molar-refractivity contribution in [3.63, 3.8) is 0 Å². The van der Waals surface area contributed by atoms with Crippen LogP contribution in [0.25, 0.3) is 22.3 Å². The van der Waals surface area contributed by atoms with Crippen LogP contribution in [0.1, 0.15) is 17.3 Å². The maximum absolute atomic E-state index is 15.3. The highest BCUT2D eigenvalue weighted by atomic mass is 19.1. The van der Waals surface area contributed by atoms with Crippen molar-refractivity contribution in [2.75, 3.05) is 11.9 Å². The van der Waals surface area contributed by atoms with Crippen LogP contribution in [0, 0.1) is 11.6 Å². The Morgan fingerprint density at radius 2 is 1.67 bits per heavy atom. The van der Waals surface area contributed by atoms with Gasteiger partial charge in [0.2, 0.25) is 0 Å². The molecule has 8 nitrogen and oxygen atoms in total. The first kappa shape index (κ1) is 27.4. The van der Waals surface area contributed by atoms with E-state index in [1.54, 1.807) is 29.9 Å². The maximum Gasteiger partial charge on any atom is 0.271 e. The summed E-state index contributed by atoms with van der Waals surface area (Å²) in [6, 6.07) is 23.9. The van der Waals surface area contributed by atoms with Gasteiger partial charge < -0.3 is 14.8 Å². The molecule has 0 saturated carbocycles. The van der Waals surface area contributed by atoms with E-state index in [9.17, 15) is 14.0 Å². The van der Waals surface area contributed by atoms with Crippen LogP contribution in [0.2, 0.25) is 0 Å². The van der Waals surface area contributed by atoms with Crippen molar-refractivity contribution >= 4 is 17.1 Å². The van der Waals surface area contributed by atoms with Gasteiger partial charge in [-0.05, 0) is 61.0 Å². The molecule has 1 N–H and O–H groups in total. The molecule has 0 unspecified atom stereocenters. The largest absolute Gasteiger partial charge is 0.493 e. The fourth-order valence-electron chi connectivity index (χ4n) is 4.73. The highest BCUT2D eigenvalue weighted by Gasteiger charge is 2.21. The van der Waals surface area contributed by atoms with E-state index in [-0.39, 0.29) is 29.4 Å². The second-order valence-corrected chi connectivity index (χ2v) is 9.43. The molecule has 0 saturated heterocycles. The number of nitrogens with zero attached hydrogens (tertiary/aromatic N) is 3. The summed E-state index contributed by atoms with van der Waals surface area (Å²) in [4.78, 5) is 26.7. The molecule has 1 amide bonds. The Morgan fingerprint density at radius 1 is 0.884 bits per heavy atom. The Labute approximate surface area is 244 Å². The number of hydrogen-bond donors (Lipinski definition) is 1. The average Bonchev–Trinajstić information content (AvgIpc) is 3.45. The van der Waals surface area contributed by atoms with Crippen molar-refractivity contribution in [1.82, 2.24) is 14.2 Å². The third-order valence-electron chi connectivity index (χ3n) is 6.70. The van der Waals surface area contributed by atoms with Gasteiger partial charge in [0.05, 0.1) is 12.8 Å². The summed E-state index contributed by atoms with van der Waals surface area (Å²) in [6.07, 6.45) is 4.79. The summed E-state index contributed by atoms with van der Waals surface area (Å²) in [5.41, 5.74) is 1.98. The fourth-order valence-corrected chi connectivity index (χ4v) is 4.73. The molecular weight excluding hydrogens is 554 g/mol. The summed E-state index contributed by atoms with van der Waals surface area (Å²) < 4.78 is 43.1. The molecule has 10 heteroatoms. The van der Waals surface area contributed by atoms with Gasteiger partial charge in [-0.15, -0.1) is 0 Å². The van der Waals surface area contributed by atoms with Gasteiger partial charge in [0.25, 0.3) is 11.5 Å². The zero-order valence-corrected chi connectivity index (χ0v) is 22.8. The molecule has 0 spiro atoms. The number of carbonyl (C=O) groups excluding carboxylic acids is 1. The number of carbonyl (C=O) groups is 1. The van der Waals surface area contributed by atoms with Crippen LogP contribution in [0.4, 0.5) is 14.5 Å². The number of nitrogens with one attached hydrogen (secondary N) is 1. The van der Waals surface area contributed by atoms with Gasteiger partial charge in [-0.2, -0.15) is 5.10 Å². The van der Waals surface area contributed by atoms with Crippen LogP contribution in [0.3, 0.4) is 0 Å². The monoisotopic (exact) mass is 578 g/mol. The Balaban J connectivity index is 1.29. The zero-order chi connectivity index (χ0) is 29.9. The topological polar surface area (TPSA) is 86.9 Å². The summed E-state index contributed by atoms with van der Waals surface area (Å²) in [5.74, 6) is -1.61. The Morgan fingerprint density at radius 3 is 2.42 bits per heavy atom. The van der Waals surface area contributed by atoms with Gasteiger partial charge in [-0.1, -0.05) is 30.3 Å². The number of hydrogen-bond acceptors (Lipinski definition) is 5. The lowest BCUT2D eigenvalue weighted by molar-refractivity contribution is 0.102. The highest BCUT2D eigenvalue weighted by Crippen LogP contribution is 2.35. The molecule has 3 aromatic carbocycles. The van der Waals surface area contributed by atoms with E-state index in [0.717, 1.165) is 17.2 Å². The molecule has 214 valence electrons. The molecule has 0 bridgehead atoms. The van der Waals surface area contributed by atoms with Gasteiger partial charge in [0.15, 0.2) is 17.3 Å². The van der Waals surface area contributed by atoms with Gasteiger partial charge in [-0.25, -0.2) is 13.3 Å². The van der Waals surface area contributed by atoms with Crippen LogP contribution in [-0.2, 0) is 0 Å². The number of halogens is 2. The Hall–Kier alpha value is -5.77. The molecule has 0 aliphatic carbocycles. The van der Waals surface area contributed by atoms with Crippen molar-refractivity contribution in [2.24, 2.45) is 0 Å². The summed E-state index contributed by atoms with van der Waals surface area (Å²) in [7, 11) is 0. The second-order valence-electron chi connectivity index (χ2n) is 9.43. The number of fused-ring (bicyclic) bond motifs is 1. The molecule has 6 aromatic rings. The summed E-state index contributed by atoms with van der Waals surface area (Å²) in [5, 5.41) is 6.90. The minimum Gasteiger partial charge on any atom is -0.493 e. The summed E-state index contributed by atoms with van der Waals surface area (Å²) in [6.45, 7) is 1.92. The van der Waals surface area contributed by atoms with Gasteiger partial charge >= 0.3 is 0 Å². The molecule has 3 aromatic heterocycles. The van der Waals surface area contributed by atoms with Crippen LogP contribution in [-0.4, -0.2) is 26.7 Å². The van der Waals surface area contributed by atoms with E-state index < -0.39 is 23.1 Å². The number of amides is 1. The zero-order valence-electron chi connectivity index (χ0n) is 22.8. The third-order valence-corrected chi connectivity index (χ3v) is 6.70. The van der Waals surface area contributed by atoms with Crippen LogP contribution in [0.15, 0.2) is 114 Å². The van der Waals surface area contributed by atoms with Crippen molar-refractivity contribution in [1.29, 1.82) is 0 Å². The Bertz CT molecular complexity index is 2000. The molecule has 0 aliphatic rings. The standard InChI is InChI=1S/C33H24F2N4O4/c1-2-42-28-16-18-38(24-11-8-22(34)9-12-24)33(41)30(28)32(40)37-23-10-13-27(26(35)20-23)43-29-14-17-36-39-19-15-25(31(29)39)21-6-4-3-5-7-21/h3-20H,2H2,1H3,(H,37,40). The minimum absolute atomic E-state index is 0.0620. The van der Waals surface area contributed by atoms with E-state index in [1.807, 2.05) is 36.4 Å². The average molecular weight is 579 g/mol. The van der Waals surface area contributed by atoms with Gasteiger partial charge in [-0.3, -0.25) is 14.2 Å². The minimum atomic E-state index is -0.797. The maximum atomic E-state index is 15.3.